The van der Waals surface area contributed by atoms with Crippen molar-refractivity contribution >= 4 is 11.5 Å². The number of methoxy groups -OCH3 is 1. The molecule has 0 N–H and O–H groups in total. The normalized spacial score (nSPS) is 9.40. The van der Waals surface area contributed by atoms with Gasteiger partial charge in [-0.05, 0) is 12.1 Å². The predicted octanol–water partition coefficient (Wildman–Crippen LogP) is 1.97. The maximum atomic E-state index is 11.4. The fourth-order valence-corrected chi connectivity index (χ4v) is 1.19. The first-order chi connectivity index (χ1) is 7.11. The van der Waals surface area contributed by atoms with Crippen molar-refractivity contribution in [1.29, 1.82) is 0 Å². The lowest BCUT2D eigenvalue weighted by molar-refractivity contribution is -0.385. The lowest BCUT2D eigenvalue weighted by Gasteiger charge is -2.05. The zero-order valence-corrected chi connectivity index (χ0v) is 8.10. The molecular formula is C10H9NO4. The molecule has 78 valence electrons. The summed E-state index contributed by atoms with van der Waals surface area (Å²) in [4.78, 5) is 21.5. The molecule has 0 saturated heterocycles. The number of ether oxygens (including phenoxy) is 1. The molecule has 0 radical (unpaired) electrons. The Balaban J connectivity index is 3.46. The van der Waals surface area contributed by atoms with Crippen LogP contribution in [0.3, 0.4) is 0 Å². The van der Waals surface area contributed by atoms with Gasteiger partial charge in [-0.15, -0.1) is 0 Å². The molecule has 5 nitrogen and oxygen atoms in total. The highest BCUT2D eigenvalue weighted by Crippen LogP contribution is 2.28. The number of carbonyl (C=O) groups excluding carboxylic acids is 1. The standard InChI is InChI=1S/C10H9NO4/c1-3-8(12)10-7(11(13)14)5-4-6-9(10)15-2/h3-6H,1H2,2H3. The summed E-state index contributed by atoms with van der Waals surface area (Å²) in [7, 11) is 1.35. The Morgan fingerprint density at radius 1 is 1.60 bits per heavy atom. The summed E-state index contributed by atoms with van der Waals surface area (Å²) in [6.45, 7) is 3.29. The van der Waals surface area contributed by atoms with Crippen LogP contribution in [0, 0.1) is 10.1 Å². The highest BCUT2D eigenvalue weighted by Gasteiger charge is 2.22. The summed E-state index contributed by atoms with van der Waals surface area (Å²) >= 11 is 0. The Bertz CT molecular complexity index is 425. The van der Waals surface area contributed by atoms with E-state index in [0.29, 0.717) is 0 Å². The van der Waals surface area contributed by atoms with E-state index in [4.69, 9.17) is 4.74 Å². The first kappa shape index (κ1) is 10.9. The maximum Gasteiger partial charge on any atom is 0.284 e. The molecule has 0 spiro atoms. The average molecular weight is 207 g/mol. The summed E-state index contributed by atoms with van der Waals surface area (Å²) in [5.41, 5.74) is -0.348. The summed E-state index contributed by atoms with van der Waals surface area (Å²) in [6, 6.07) is 4.19. The monoisotopic (exact) mass is 207 g/mol. The maximum absolute atomic E-state index is 11.4. The van der Waals surface area contributed by atoms with Crippen molar-refractivity contribution in [2.24, 2.45) is 0 Å². The number of carbonyl (C=O) groups is 1. The smallest absolute Gasteiger partial charge is 0.284 e. The number of allylic oxidation sites excluding steroid dienone is 1. The van der Waals surface area contributed by atoms with E-state index in [1.807, 2.05) is 0 Å². The first-order valence-electron chi connectivity index (χ1n) is 4.10. The predicted molar refractivity (Wildman–Crippen MR) is 54.2 cm³/mol. The summed E-state index contributed by atoms with van der Waals surface area (Å²) in [5, 5.41) is 10.7. The Morgan fingerprint density at radius 3 is 2.73 bits per heavy atom. The van der Waals surface area contributed by atoms with Crippen LogP contribution in [0.15, 0.2) is 30.9 Å². The molecule has 0 heterocycles. The molecule has 1 rings (SSSR count). The second kappa shape index (κ2) is 4.36. The van der Waals surface area contributed by atoms with Crippen LogP contribution in [0.4, 0.5) is 5.69 Å². The van der Waals surface area contributed by atoms with Crippen LogP contribution < -0.4 is 4.74 Å². The molecule has 1 aromatic carbocycles. The minimum Gasteiger partial charge on any atom is -0.496 e. The molecule has 0 aliphatic heterocycles. The van der Waals surface area contributed by atoms with Gasteiger partial charge in [-0.3, -0.25) is 14.9 Å². The van der Waals surface area contributed by atoms with Gasteiger partial charge in [0.2, 0.25) is 0 Å². The third-order valence-corrected chi connectivity index (χ3v) is 1.85. The van der Waals surface area contributed by atoms with Crippen LogP contribution in [0.2, 0.25) is 0 Å². The van der Waals surface area contributed by atoms with Gasteiger partial charge in [-0.2, -0.15) is 0 Å². The van der Waals surface area contributed by atoms with E-state index in [-0.39, 0.29) is 17.0 Å². The molecule has 0 saturated carbocycles. The highest BCUT2D eigenvalue weighted by molar-refractivity contribution is 6.09. The molecule has 15 heavy (non-hydrogen) atoms. The van der Waals surface area contributed by atoms with Gasteiger partial charge in [-0.1, -0.05) is 12.6 Å². The number of hydrogen-bond donors (Lipinski definition) is 0. The van der Waals surface area contributed by atoms with Crippen molar-refractivity contribution in [2.75, 3.05) is 7.11 Å². The molecule has 0 bridgehead atoms. The molecule has 0 unspecified atom stereocenters. The Labute approximate surface area is 86.1 Å². The molecule has 0 fully saturated rings. The van der Waals surface area contributed by atoms with Gasteiger partial charge in [0.15, 0.2) is 5.78 Å². The topological polar surface area (TPSA) is 69.4 Å². The molecule has 5 heteroatoms. The largest absolute Gasteiger partial charge is 0.496 e. The third-order valence-electron chi connectivity index (χ3n) is 1.85. The zero-order valence-electron chi connectivity index (χ0n) is 8.10. The van der Waals surface area contributed by atoms with Gasteiger partial charge in [0.1, 0.15) is 11.3 Å². The van der Waals surface area contributed by atoms with Crippen molar-refractivity contribution in [3.05, 3.63) is 46.5 Å². The lowest BCUT2D eigenvalue weighted by Crippen LogP contribution is -2.03. The van der Waals surface area contributed by atoms with E-state index in [1.165, 1.54) is 25.3 Å². The van der Waals surface area contributed by atoms with Crippen molar-refractivity contribution in [3.8, 4) is 5.75 Å². The van der Waals surface area contributed by atoms with Gasteiger partial charge in [0.05, 0.1) is 12.0 Å². The van der Waals surface area contributed by atoms with Crippen LogP contribution in [0.25, 0.3) is 0 Å². The number of nitro benzene ring substituents is 1. The summed E-state index contributed by atoms with van der Waals surface area (Å²) in [6.07, 6.45) is 1.02. The van der Waals surface area contributed by atoms with E-state index < -0.39 is 10.7 Å². The number of benzene rings is 1. The van der Waals surface area contributed by atoms with Crippen LogP contribution in [-0.2, 0) is 0 Å². The van der Waals surface area contributed by atoms with Gasteiger partial charge in [0, 0.05) is 6.07 Å². The first-order valence-corrected chi connectivity index (χ1v) is 4.10. The average Bonchev–Trinajstić information content (AvgIpc) is 2.26. The summed E-state index contributed by atoms with van der Waals surface area (Å²) < 4.78 is 4.89. The van der Waals surface area contributed by atoms with E-state index in [9.17, 15) is 14.9 Å². The third kappa shape index (κ3) is 2.01. The van der Waals surface area contributed by atoms with Crippen LogP contribution in [-0.4, -0.2) is 17.8 Å². The van der Waals surface area contributed by atoms with Crippen molar-refractivity contribution in [3.63, 3.8) is 0 Å². The SMILES string of the molecule is C=CC(=O)c1c(OC)cccc1[N+](=O)[O-]. The van der Waals surface area contributed by atoms with Gasteiger partial charge >= 0.3 is 0 Å². The molecule has 0 amide bonds. The second-order valence-electron chi connectivity index (χ2n) is 2.68. The summed E-state index contributed by atoms with van der Waals surface area (Å²) in [5.74, 6) is -0.353. The molecule has 0 aliphatic carbocycles. The highest BCUT2D eigenvalue weighted by atomic mass is 16.6. The number of nitrogens with zero attached hydrogens (tertiary/aromatic N) is 1. The Hall–Kier alpha value is -2.17. The fourth-order valence-electron chi connectivity index (χ4n) is 1.19. The van der Waals surface area contributed by atoms with E-state index in [1.54, 1.807) is 0 Å². The number of ketones is 1. The zero-order chi connectivity index (χ0) is 11.4. The fraction of sp³-hybridized carbons (Fsp3) is 0.100. The van der Waals surface area contributed by atoms with E-state index >= 15 is 0 Å². The van der Waals surface area contributed by atoms with Crippen LogP contribution >= 0.6 is 0 Å². The van der Waals surface area contributed by atoms with Gasteiger partial charge in [0.25, 0.3) is 5.69 Å². The van der Waals surface area contributed by atoms with Crippen molar-refractivity contribution < 1.29 is 14.5 Å². The number of rotatable bonds is 4. The Kier molecular flexibility index (Phi) is 3.17. The van der Waals surface area contributed by atoms with Crippen LogP contribution in [0.5, 0.6) is 5.75 Å². The lowest BCUT2D eigenvalue weighted by atomic mass is 10.1. The van der Waals surface area contributed by atoms with Crippen LogP contribution in [0.1, 0.15) is 10.4 Å². The minimum absolute atomic E-state index is 0.0694. The molecular weight excluding hydrogens is 198 g/mol. The number of nitro groups is 1. The molecule has 0 aliphatic rings. The molecule has 1 aromatic rings. The minimum atomic E-state index is -0.626. The molecule has 0 aromatic heterocycles. The van der Waals surface area contributed by atoms with Gasteiger partial charge in [-0.25, -0.2) is 0 Å². The number of hydrogen-bond acceptors (Lipinski definition) is 4. The van der Waals surface area contributed by atoms with Gasteiger partial charge < -0.3 is 4.74 Å². The van der Waals surface area contributed by atoms with Crippen molar-refractivity contribution in [1.82, 2.24) is 0 Å². The molecule has 0 atom stereocenters. The van der Waals surface area contributed by atoms with Crippen molar-refractivity contribution in [2.45, 2.75) is 0 Å². The quantitative estimate of drug-likeness (QED) is 0.327. The van der Waals surface area contributed by atoms with E-state index in [2.05, 4.69) is 6.58 Å². The Morgan fingerprint density at radius 2 is 2.27 bits per heavy atom. The second-order valence-corrected chi connectivity index (χ2v) is 2.68. The van der Waals surface area contributed by atoms with E-state index in [0.717, 1.165) is 6.08 Å².